The zero-order valence-corrected chi connectivity index (χ0v) is 9.46. The molecular formula is C13H18N2. The van der Waals surface area contributed by atoms with E-state index in [-0.39, 0.29) is 0 Å². The Labute approximate surface area is 92.1 Å². The van der Waals surface area contributed by atoms with Gasteiger partial charge in [0.15, 0.2) is 0 Å². The van der Waals surface area contributed by atoms with Gasteiger partial charge in [0.1, 0.15) is 0 Å². The lowest BCUT2D eigenvalue weighted by Gasteiger charge is -1.99. The van der Waals surface area contributed by atoms with Crippen LogP contribution in [0.25, 0.3) is 0 Å². The van der Waals surface area contributed by atoms with E-state index in [1.807, 2.05) is 19.1 Å². The number of allylic oxidation sites excluding steroid dienone is 7. The van der Waals surface area contributed by atoms with Crippen LogP contribution in [0.15, 0.2) is 65.9 Å². The molecule has 0 atom stereocenters. The van der Waals surface area contributed by atoms with Crippen LogP contribution < -0.4 is 5.43 Å². The van der Waals surface area contributed by atoms with E-state index in [0.717, 1.165) is 16.7 Å². The summed E-state index contributed by atoms with van der Waals surface area (Å²) in [6.07, 6.45) is 9.10. The fraction of sp³-hybridized carbons (Fsp3) is 0.154. The van der Waals surface area contributed by atoms with Crippen molar-refractivity contribution in [2.45, 2.75) is 6.92 Å². The molecule has 0 unspecified atom stereocenters. The Kier molecular flexibility index (Phi) is 6.64. The number of nitrogens with zero attached hydrogens (tertiary/aromatic N) is 1. The van der Waals surface area contributed by atoms with Gasteiger partial charge in [-0.2, -0.15) is 5.10 Å². The molecule has 0 bridgehead atoms. The van der Waals surface area contributed by atoms with Crippen LogP contribution >= 0.6 is 0 Å². The molecule has 0 aromatic carbocycles. The highest BCUT2D eigenvalue weighted by Crippen LogP contribution is 2.08. The zero-order valence-electron chi connectivity index (χ0n) is 9.46. The lowest BCUT2D eigenvalue weighted by molar-refractivity contribution is 0.908. The minimum absolute atomic E-state index is 0.812. The van der Waals surface area contributed by atoms with E-state index < -0.39 is 0 Å². The first-order valence-corrected chi connectivity index (χ1v) is 4.68. The lowest BCUT2D eigenvalue weighted by Crippen LogP contribution is -1.96. The van der Waals surface area contributed by atoms with Gasteiger partial charge in [-0.05, 0) is 18.1 Å². The van der Waals surface area contributed by atoms with Gasteiger partial charge in [0.2, 0.25) is 0 Å². The molecule has 15 heavy (non-hydrogen) atoms. The zero-order chi connectivity index (χ0) is 11.7. The molecule has 80 valence electrons. The van der Waals surface area contributed by atoms with Gasteiger partial charge in [-0.1, -0.05) is 49.6 Å². The second-order valence-electron chi connectivity index (χ2n) is 2.95. The molecule has 0 aromatic rings. The number of hydrazone groups is 1. The fourth-order valence-corrected chi connectivity index (χ4v) is 0.812. The number of hydrogen-bond donors (Lipinski definition) is 1. The van der Waals surface area contributed by atoms with Crippen molar-refractivity contribution < 1.29 is 0 Å². The molecule has 0 aliphatic heterocycles. The van der Waals surface area contributed by atoms with Gasteiger partial charge in [-0.15, -0.1) is 0 Å². The monoisotopic (exact) mass is 202 g/mol. The third-order valence-corrected chi connectivity index (χ3v) is 1.79. The van der Waals surface area contributed by atoms with E-state index in [4.69, 9.17) is 0 Å². The van der Waals surface area contributed by atoms with Crippen molar-refractivity contribution in [3.05, 3.63) is 60.8 Å². The van der Waals surface area contributed by atoms with Crippen molar-refractivity contribution in [1.82, 2.24) is 5.43 Å². The maximum Gasteiger partial charge on any atom is 0.0540 e. The highest BCUT2D eigenvalue weighted by Gasteiger charge is 1.93. The Morgan fingerprint density at radius 1 is 1.20 bits per heavy atom. The van der Waals surface area contributed by atoms with Crippen molar-refractivity contribution in [3.63, 3.8) is 0 Å². The summed E-state index contributed by atoms with van der Waals surface area (Å²) in [5, 5.41) is 3.88. The van der Waals surface area contributed by atoms with Crippen LogP contribution in [-0.2, 0) is 0 Å². The van der Waals surface area contributed by atoms with Gasteiger partial charge >= 0.3 is 0 Å². The van der Waals surface area contributed by atoms with Crippen molar-refractivity contribution in [1.29, 1.82) is 0 Å². The topological polar surface area (TPSA) is 24.4 Å². The van der Waals surface area contributed by atoms with Gasteiger partial charge in [0.25, 0.3) is 0 Å². The van der Waals surface area contributed by atoms with Gasteiger partial charge in [-0.3, -0.25) is 0 Å². The fourth-order valence-electron chi connectivity index (χ4n) is 0.812. The first-order valence-electron chi connectivity index (χ1n) is 4.68. The smallest absolute Gasteiger partial charge is 0.0540 e. The van der Waals surface area contributed by atoms with Crippen molar-refractivity contribution in [3.8, 4) is 0 Å². The maximum absolute atomic E-state index is 3.88. The molecule has 0 rings (SSSR count). The number of hydrogen-bond acceptors (Lipinski definition) is 2. The van der Waals surface area contributed by atoms with Crippen molar-refractivity contribution >= 4 is 6.21 Å². The molecule has 0 aromatic heterocycles. The second kappa shape index (κ2) is 7.56. The normalized spacial score (nSPS) is 12.7. The van der Waals surface area contributed by atoms with E-state index in [2.05, 4.69) is 30.3 Å². The molecular weight excluding hydrogens is 184 g/mol. The van der Waals surface area contributed by atoms with E-state index in [9.17, 15) is 0 Å². The SMILES string of the molecule is C=C/C(C)=C\C=C(/C=C)C(=C)/C=N\NC. The highest BCUT2D eigenvalue weighted by atomic mass is 15.3. The number of nitrogens with one attached hydrogen (secondary N) is 1. The van der Waals surface area contributed by atoms with Crippen molar-refractivity contribution in [2.75, 3.05) is 7.05 Å². The quantitative estimate of drug-likeness (QED) is 0.399. The van der Waals surface area contributed by atoms with E-state index >= 15 is 0 Å². The van der Waals surface area contributed by atoms with Gasteiger partial charge < -0.3 is 5.43 Å². The third-order valence-electron chi connectivity index (χ3n) is 1.79. The average Bonchev–Trinajstić information content (AvgIpc) is 2.26. The Bertz CT molecular complexity index is 330. The Morgan fingerprint density at radius 3 is 2.33 bits per heavy atom. The molecule has 0 aliphatic rings. The summed E-state index contributed by atoms with van der Waals surface area (Å²) >= 11 is 0. The Hall–Kier alpha value is -1.83. The van der Waals surface area contributed by atoms with Gasteiger partial charge in [0, 0.05) is 7.05 Å². The van der Waals surface area contributed by atoms with Crippen LogP contribution in [0.2, 0.25) is 0 Å². The highest BCUT2D eigenvalue weighted by molar-refractivity contribution is 5.85. The van der Waals surface area contributed by atoms with Crippen LogP contribution in [0.5, 0.6) is 0 Å². The molecule has 2 heteroatoms. The molecule has 1 N–H and O–H groups in total. The van der Waals surface area contributed by atoms with Gasteiger partial charge in [-0.25, -0.2) is 0 Å². The molecule has 0 fully saturated rings. The lowest BCUT2D eigenvalue weighted by atomic mass is 10.1. The van der Waals surface area contributed by atoms with Crippen molar-refractivity contribution in [2.24, 2.45) is 5.10 Å². The van der Waals surface area contributed by atoms with Crippen LogP contribution in [-0.4, -0.2) is 13.3 Å². The summed E-state index contributed by atoms with van der Waals surface area (Å²) in [7, 11) is 1.74. The largest absolute Gasteiger partial charge is 0.313 e. The minimum Gasteiger partial charge on any atom is -0.313 e. The predicted molar refractivity (Wildman–Crippen MR) is 68.9 cm³/mol. The summed E-state index contributed by atoms with van der Waals surface area (Å²) in [6, 6.07) is 0. The Balaban J connectivity index is 4.76. The van der Waals surface area contributed by atoms with E-state index in [1.165, 1.54) is 0 Å². The summed E-state index contributed by atoms with van der Waals surface area (Å²) in [6.45, 7) is 13.3. The van der Waals surface area contributed by atoms with Crippen LogP contribution in [0.3, 0.4) is 0 Å². The summed E-state index contributed by atoms with van der Waals surface area (Å²) in [5.41, 5.74) is 5.51. The predicted octanol–water partition coefficient (Wildman–Crippen LogP) is 2.99. The summed E-state index contributed by atoms with van der Waals surface area (Å²) in [4.78, 5) is 0. The molecule has 0 saturated heterocycles. The van der Waals surface area contributed by atoms with Crippen LogP contribution in [0, 0.1) is 0 Å². The molecule has 0 heterocycles. The van der Waals surface area contributed by atoms with Crippen LogP contribution in [0.1, 0.15) is 6.92 Å². The molecule has 0 saturated carbocycles. The first kappa shape index (κ1) is 13.2. The summed E-state index contributed by atoms with van der Waals surface area (Å²) < 4.78 is 0. The van der Waals surface area contributed by atoms with Crippen LogP contribution in [0.4, 0.5) is 0 Å². The Morgan fingerprint density at radius 2 is 1.87 bits per heavy atom. The first-order chi connectivity index (χ1) is 7.15. The maximum atomic E-state index is 3.88. The minimum atomic E-state index is 0.812. The standard InChI is InChI=1S/C13H18N2/c1-6-11(3)8-9-13(7-2)12(4)10-15-14-5/h6-10,14H,1-2,4H2,3,5H3/b11-8-,13-9+,15-10-. The molecule has 2 nitrogen and oxygen atoms in total. The molecule has 0 aliphatic carbocycles. The number of rotatable bonds is 6. The third kappa shape index (κ3) is 5.47. The van der Waals surface area contributed by atoms with E-state index in [0.29, 0.717) is 0 Å². The van der Waals surface area contributed by atoms with Gasteiger partial charge in [0.05, 0.1) is 6.21 Å². The second-order valence-corrected chi connectivity index (χ2v) is 2.95. The molecule has 0 amide bonds. The average molecular weight is 202 g/mol. The van der Waals surface area contributed by atoms with E-state index in [1.54, 1.807) is 25.4 Å². The molecule has 0 radical (unpaired) electrons. The molecule has 0 spiro atoms. The summed E-state index contributed by atoms with van der Waals surface area (Å²) in [5.74, 6) is 0.